The molecule has 0 radical (unpaired) electrons. The van der Waals surface area contributed by atoms with Gasteiger partial charge >= 0.3 is 0 Å². The SMILES string of the molecule is O=C1NC(=S)N(c2cccc(Cl)c2Cl)C(=O)/C1=C/c1cccn1-c1cccc(Br)c1. The van der Waals surface area contributed by atoms with E-state index in [-0.39, 0.29) is 20.7 Å². The Balaban J connectivity index is 1.78. The maximum atomic E-state index is 13.2. The molecule has 0 atom stereocenters. The molecule has 1 N–H and O–H groups in total. The van der Waals surface area contributed by atoms with E-state index in [0.717, 1.165) is 10.2 Å². The number of halogens is 3. The van der Waals surface area contributed by atoms with E-state index < -0.39 is 11.8 Å². The molecule has 1 aliphatic rings. The summed E-state index contributed by atoms with van der Waals surface area (Å²) in [7, 11) is 0. The number of anilines is 1. The summed E-state index contributed by atoms with van der Waals surface area (Å²) in [6.07, 6.45) is 3.36. The Morgan fingerprint density at radius 2 is 1.80 bits per heavy atom. The monoisotopic (exact) mass is 519 g/mol. The molecule has 2 heterocycles. The average Bonchev–Trinajstić information content (AvgIpc) is 3.16. The molecule has 1 aliphatic heterocycles. The van der Waals surface area contributed by atoms with Gasteiger partial charge in [0, 0.05) is 22.1 Å². The summed E-state index contributed by atoms with van der Waals surface area (Å²) >= 11 is 21.0. The van der Waals surface area contributed by atoms with Gasteiger partial charge in [0.15, 0.2) is 5.11 Å². The van der Waals surface area contributed by atoms with E-state index in [1.54, 1.807) is 24.3 Å². The molecule has 1 aromatic heterocycles. The average molecular weight is 521 g/mol. The van der Waals surface area contributed by atoms with Crippen molar-refractivity contribution in [3.8, 4) is 5.69 Å². The minimum absolute atomic E-state index is 0.0614. The van der Waals surface area contributed by atoms with Crippen molar-refractivity contribution >= 4 is 80.0 Å². The van der Waals surface area contributed by atoms with Crippen LogP contribution in [0, 0.1) is 0 Å². The first-order valence-corrected chi connectivity index (χ1v) is 10.6. The summed E-state index contributed by atoms with van der Waals surface area (Å²) in [6.45, 7) is 0. The summed E-state index contributed by atoms with van der Waals surface area (Å²) in [5, 5.41) is 2.93. The number of hydrogen-bond acceptors (Lipinski definition) is 3. The second-order valence-electron chi connectivity index (χ2n) is 6.31. The Morgan fingerprint density at radius 3 is 2.57 bits per heavy atom. The van der Waals surface area contributed by atoms with E-state index in [4.69, 9.17) is 35.4 Å². The van der Waals surface area contributed by atoms with Gasteiger partial charge in [0.1, 0.15) is 5.57 Å². The minimum Gasteiger partial charge on any atom is -0.317 e. The van der Waals surface area contributed by atoms with E-state index in [2.05, 4.69) is 21.2 Å². The number of hydrogen-bond donors (Lipinski definition) is 1. The number of carbonyl (C=O) groups is 2. The van der Waals surface area contributed by atoms with Crippen LogP contribution in [0.15, 0.2) is 70.8 Å². The molecule has 0 aliphatic carbocycles. The van der Waals surface area contributed by atoms with Gasteiger partial charge in [0.25, 0.3) is 11.8 Å². The van der Waals surface area contributed by atoms with Gasteiger partial charge in [-0.1, -0.05) is 51.3 Å². The molecule has 30 heavy (non-hydrogen) atoms. The highest BCUT2D eigenvalue weighted by Gasteiger charge is 2.35. The molecule has 1 saturated heterocycles. The lowest BCUT2D eigenvalue weighted by Gasteiger charge is -2.29. The van der Waals surface area contributed by atoms with Crippen LogP contribution in [0.25, 0.3) is 11.8 Å². The van der Waals surface area contributed by atoms with Crippen LogP contribution in [0.1, 0.15) is 5.69 Å². The molecule has 4 rings (SSSR count). The number of aromatic nitrogens is 1. The van der Waals surface area contributed by atoms with Crippen molar-refractivity contribution in [1.82, 2.24) is 9.88 Å². The molecule has 2 amide bonds. The van der Waals surface area contributed by atoms with E-state index >= 15 is 0 Å². The third-order valence-corrected chi connectivity index (χ3v) is 6.02. The fourth-order valence-electron chi connectivity index (χ4n) is 3.06. The number of thiocarbonyl (C=S) groups is 1. The molecule has 0 unspecified atom stereocenters. The van der Waals surface area contributed by atoms with Crippen LogP contribution in [0.5, 0.6) is 0 Å². The van der Waals surface area contributed by atoms with Crippen LogP contribution >= 0.6 is 51.3 Å². The molecule has 1 fully saturated rings. The molecule has 9 heteroatoms. The Hall–Kier alpha value is -2.45. The van der Waals surface area contributed by atoms with Gasteiger partial charge in [-0.05, 0) is 60.8 Å². The Kier molecular flexibility index (Phi) is 5.79. The first-order chi connectivity index (χ1) is 14.4. The standard InChI is InChI=1S/C21H12BrCl2N3O2S/c22-12-4-1-5-13(10-12)26-9-3-6-14(26)11-15-19(28)25-21(30)27(20(15)29)17-8-2-7-16(23)18(17)24/h1-11H,(H,25,28,30)/b15-11+. The smallest absolute Gasteiger partial charge is 0.270 e. The Labute approximate surface area is 196 Å². The van der Waals surface area contributed by atoms with Gasteiger partial charge in [-0.15, -0.1) is 0 Å². The number of carbonyl (C=O) groups excluding carboxylic acids is 2. The van der Waals surface area contributed by atoms with Gasteiger partial charge in [0.05, 0.1) is 15.7 Å². The number of nitrogens with one attached hydrogen (secondary N) is 1. The van der Waals surface area contributed by atoms with Gasteiger partial charge in [-0.25, -0.2) is 0 Å². The first-order valence-electron chi connectivity index (χ1n) is 8.65. The van der Waals surface area contributed by atoms with Crippen LogP contribution < -0.4 is 10.2 Å². The summed E-state index contributed by atoms with van der Waals surface area (Å²) in [6, 6.07) is 16.2. The maximum Gasteiger partial charge on any atom is 0.270 e. The third-order valence-electron chi connectivity index (χ3n) is 4.43. The number of benzene rings is 2. The lowest BCUT2D eigenvalue weighted by molar-refractivity contribution is -0.122. The second-order valence-corrected chi connectivity index (χ2v) is 8.40. The second kappa shape index (κ2) is 8.35. The maximum absolute atomic E-state index is 13.2. The molecule has 0 spiro atoms. The fourth-order valence-corrected chi connectivity index (χ4v) is 4.10. The summed E-state index contributed by atoms with van der Waals surface area (Å²) in [4.78, 5) is 27.0. The highest BCUT2D eigenvalue weighted by molar-refractivity contribution is 9.10. The lowest BCUT2D eigenvalue weighted by atomic mass is 10.1. The number of nitrogens with zero attached hydrogens (tertiary/aromatic N) is 2. The van der Waals surface area contributed by atoms with Crippen molar-refractivity contribution < 1.29 is 9.59 Å². The first kappa shape index (κ1) is 20.8. The lowest BCUT2D eigenvalue weighted by Crippen LogP contribution is -2.54. The van der Waals surface area contributed by atoms with Crippen LogP contribution in [0.2, 0.25) is 10.0 Å². The van der Waals surface area contributed by atoms with Crippen molar-refractivity contribution in [1.29, 1.82) is 0 Å². The predicted molar refractivity (Wildman–Crippen MR) is 126 cm³/mol. The van der Waals surface area contributed by atoms with Crippen molar-refractivity contribution in [3.05, 3.63) is 86.6 Å². The van der Waals surface area contributed by atoms with Gasteiger partial charge in [-0.2, -0.15) is 0 Å². The van der Waals surface area contributed by atoms with E-state index in [1.807, 2.05) is 41.1 Å². The van der Waals surface area contributed by atoms with Crippen molar-refractivity contribution in [2.45, 2.75) is 0 Å². The van der Waals surface area contributed by atoms with Gasteiger partial charge < -0.3 is 4.57 Å². The third kappa shape index (κ3) is 3.81. The Bertz CT molecular complexity index is 1240. The zero-order valence-electron chi connectivity index (χ0n) is 15.1. The molecule has 2 aromatic carbocycles. The molecular formula is C21H12BrCl2N3O2S. The van der Waals surface area contributed by atoms with Gasteiger partial charge in [-0.3, -0.25) is 19.8 Å². The largest absolute Gasteiger partial charge is 0.317 e. The van der Waals surface area contributed by atoms with Crippen LogP contribution in [-0.2, 0) is 9.59 Å². The number of rotatable bonds is 3. The molecule has 0 bridgehead atoms. The zero-order chi connectivity index (χ0) is 21.4. The summed E-state index contributed by atoms with van der Waals surface area (Å²) < 4.78 is 2.77. The number of amides is 2. The van der Waals surface area contributed by atoms with Crippen LogP contribution in [0.3, 0.4) is 0 Å². The highest BCUT2D eigenvalue weighted by atomic mass is 79.9. The van der Waals surface area contributed by atoms with Crippen molar-refractivity contribution in [2.24, 2.45) is 0 Å². The van der Waals surface area contributed by atoms with Crippen LogP contribution in [0.4, 0.5) is 5.69 Å². The molecular weight excluding hydrogens is 509 g/mol. The summed E-state index contributed by atoms with van der Waals surface area (Å²) in [5.74, 6) is -1.17. The van der Waals surface area contributed by atoms with Crippen molar-refractivity contribution in [3.63, 3.8) is 0 Å². The summed E-state index contributed by atoms with van der Waals surface area (Å²) in [5.41, 5.74) is 1.74. The molecule has 0 saturated carbocycles. The normalized spacial score (nSPS) is 15.6. The highest BCUT2D eigenvalue weighted by Crippen LogP contribution is 2.34. The quantitative estimate of drug-likeness (QED) is 0.286. The Morgan fingerprint density at radius 1 is 1.03 bits per heavy atom. The van der Waals surface area contributed by atoms with Gasteiger partial charge in [0.2, 0.25) is 0 Å². The predicted octanol–water partition coefficient (Wildman–Crippen LogP) is 5.38. The molecule has 3 aromatic rings. The zero-order valence-corrected chi connectivity index (χ0v) is 19.0. The minimum atomic E-state index is -0.588. The fraction of sp³-hybridized carbons (Fsp3) is 0. The molecule has 5 nitrogen and oxygen atoms in total. The topological polar surface area (TPSA) is 54.3 Å². The van der Waals surface area contributed by atoms with Crippen molar-refractivity contribution in [2.75, 3.05) is 4.90 Å². The van der Waals surface area contributed by atoms with Crippen LogP contribution in [-0.4, -0.2) is 21.5 Å². The van der Waals surface area contributed by atoms with E-state index in [0.29, 0.717) is 11.4 Å². The van der Waals surface area contributed by atoms with E-state index in [1.165, 1.54) is 11.0 Å². The molecule has 150 valence electrons. The van der Waals surface area contributed by atoms with E-state index in [9.17, 15) is 9.59 Å².